The largest absolute Gasteiger partial charge is 0.374 e. The lowest BCUT2D eigenvalue weighted by atomic mass is 10.1. The highest BCUT2D eigenvalue weighted by Gasteiger charge is 2.17. The van der Waals surface area contributed by atoms with Crippen molar-refractivity contribution < 1.29 is 14.3 Å². The van der Waals surface area contributed by atoms with Gasteiger partial charge in [-0.2, -0.15) is 0 Å². The van der Waals surface area contributed by atoms with Gasteiger partial charge in [-0.1, -0.05) is 0 Å². The average molecular weight is 208 g/mol. The summed E-state index contributed by atoms with van der Waals surface area (Å²) in [6.45, 7) is 1.61. The Kier molecular flexibility index (Phi) is 4.05. The first kappa shape index (κ1) is 11.5. The Morgan fingerprint density at radius 1 is 1.53 bits per heavy atom. The van der Waals surface area contributed by atoms with Crippen LogP contribution in [0, 0.1) is 0 Å². The van der Waals surface area contributed by atoms with Gasteiger partial charge in [-0.25, -0.2) is 9.97 Å². The van der Waals surface area contributed by atoms with Gasteiger partial charge in [-0.05, 0) is 13.0 Å². The lowest BCUT2D eigenvalue weighted by Gasteiger charge is -2.06. The molecule has 80 valence electrons. The first-order valence-electron chi connectivity index (χ1n) is 4.50. The van der Waals surface area contributed by atoms with E-state index >= 15 is 0 Å². The quantitative estimate of drug-likeness (QED) is 0.525. The molecule has 1 heterocycles. The molecule has 1 unspecified atom stereocenters. The van der Waals surface area contributed by atoms with E-state index in [1.165, 1.54) is 25.7 Å². The number of hydrogen-bond acceptors (Lipinski definition) is 5. The summed E-state index contributed by atoms with van der Waals surface area (Å²) in [7, 11) is 1.43. The number of hydrogen-bond donors (Lipinski definition) is 0. The lowest BCUT2D eigenvalue weighted by molar-refractivity contribution is -0.126. The Hall–Kier alpha value is -1.62. The summed E-state index contributed by atoms with van der Waals surface area (Å²) in [5.74, 6) is -0.563. The molecule has 0 saturated carbocycles. The molecule has 5 nitrogen and oxygen atoms in total. The van der Waals surface area contributed by atoms with Crippen LogP contribution in [-0.2, 0) is 9.53 Å². The molecular formula is C10H12N2O3. The van der Waals surface area contributed by atoms with Crippen molar-refractivity contribution in [1.29, 1.82) is 0 Å². The van der Waals surface area contributed by atoms with E-state index in [-0.39, 0.29) is 23.7 Å². The summed E-state index contributed by atoms with van der Waals surface area (Å²) >= 11 is 0. The molecule has 0 radical (unpaired) electrons. The Morgan fingerprint density at radius 2 is 2.27 bits per heavy atom. The summed E-state index contributed by atoms with van der Waals surface area (Å²) in [4.78, 5) is 30.3. The fourth-order valence-electron chi connectivity index (χ4n) is 0.980. The normalized spacial score (nSPS) is 12.1. The van der Waals surface area contributed by atoms with E-state index in [0.29, 0.717) is 0 Å². The van der Waals surface area contributed by atoms with Crippen LogP contribution in [0.3, 0.4) is 0 Å². The minimum atomic E-state index is -0.559. The second kappa shape index (κ2) is 5.31. The van der Waals surface area contributed by atoms with Crippen molar-refractivity contribution >= 4 is 11.6 Å². The highest BCUT2D eigenvalue weighted by atomic mass is 16.5. The van der Waals surface area contributed by atoms with Gasteiger partial charge in [0.15, 0.2) is 11.6 Å². The van der Waals surface area contributed by atoms with Gasteiger partial charge < -0.3 is 4.74 Å². The Bertz CT molecular complexity index is 351. The van der Waals surface area contributed by atoms with Gasteiger partial charge in [-0.15, -0.1) is 0 Å². The number of methoxy groups -OCH3 is 1. The molecular weight excluding hydrogens is 196 g/mol. The standard InChI is InChI=1S/C10H12N2O3/c1-7(15-2)9(13)5-10(14)8-3-4-11-6-12-8/h3-4,6-7H,5H2,1-2H3. The van der Waals surface area contributed by atoms with Crippen molar-refractivity contribution in [3.05, 3.63) is 24.3 Å². The zero-order valence-electron chi connectivity index (χ0n) is 8.64. The predicted octanol–water partition coefficient (Wildman–Crippen LogP) is 0.653. The predicted molar refractivity (Wildman–Crippen MR) is 52.5 cm³/mol. The van der Waals surface area contributed by atoms with E-state index in [1.54, 1.807) is 6.92 Å². The SMILES string of the molecule is COC(C)C(=O)CC(=O)c1ccncn1. The Morgan fingerprint density at radius 3 is 2.80 bits per heavy atom. The second-order valence-electron chi connectivity index (χ2n) is 3.04. The highest BCUT2D eigenvalue weighted by molar-refractivity contribution is 6.08. The number of carbonyl (C=O) groups excluding carboxylic acids is 2. The van der Waals surface area contributed by atoms with Crippen molar-refractivity contribution in [2.45, 2.75) is 19.4 Å². The van der Waals surface area contributed by atoms with E-state index in [0.717, 1.165) is 0 Å². The molecule has 0 amide bonds. The van der Waals surface area contributed by atoms with E-state index in [9.17, 15) is 9.59 Å². The van der Waals surface area contributed by atoms with Crippen LogP contribution in [0.4, 0.5) is 0 Å². The fraction of sp³-hybridized carbons (Fsp3) is 0.400. The van der Waals surface area contributed by atoms with Crippen LogP contribution < -0.4 is 0 Å². The van der Waals surface area contributed by atoms with Crippen LogP contribution in [0.1, 0.15) is 23.8 Å². The molecule has 0 N–H and O–H groups in total. The van der Waals surface area contributed by atoms with Crippen LogP contribution in [0.15, 0.2) is 18.6 Å². The third kappa shape index (κ3) is 3.21. The van der Waals surface area contributed by atoms with Gasteiger partial charge in [0.1, 0.15) is 18.1 Å². The summed E-state index contributed by atoms with van der Waals surface area (Å²) in [5.41, 5.74) is 0.252. The molecule has 0 aromatic carbocycles. The van der Waals surface area contributed by atoms with Gasteiger partial charge in [0, 0.05) is 13.3 Å². The van der Waals surface area contributed by atoms with Gasteiger partial charge >= 0.3 is 0 Å². The van der Waals surface area contributed by atoms with Crippen LogP contribution in [-0.4, -0.2) is 34.7 Å². The molecule has 1 aromatic rings. The number of ketones is 2. The van der Waals surface area contributed by atoms with E-state index < -0.39 is 6.10 Å². The number of aromatic nitrogens is 2. The third-order valence-corrected chi connectivity index (χ3v) is 2.01. The summed E-state index contributed by atoms with van der Waals surface area (Å²) < 4.78 is 4.81. The first-order chi connectivity index (χ1) is 7.15. The van der Waals surface area contributed by atoms with E-state index in [1.807, 2.05) is 0 Å². The van der Waals surface area contributed by atoms with E-state index in [2.05, 4.69) is 9.97 Å². The van der Waals surface area contributed by atoms with Crippen molar-refractivity contribution in [2.75, 3.05) is 7.11 Å². The molecule has 0 aliphatic heterocycles. The van der Waals surface area contributed by atoms with Crippen molar-refractivity contribution in [3.8, 4) is 0 Å². The van der Waals surface area contributed by atoms with Gasteiger partial charge in [0.05, 0.1) is 6.42 Å². The average Bonchev–Trinajstić information content (AvgIpc) is 2.29. The summed E-state index contributed by atoms with van der Waals surface area (Å²) in [6.07, 6.45) is 1.99. The molecule has 0 aliphatic rings. The number of rotatable bonds is 5. The lowest BCUT2D eigenvalue weighted by Crippen LogP contribution is -2.22. The van der Waals surface area contributed by atoms with Gasteiger partial charge in [0.2, 0.25) is 0 Å². The van der Waals surface area contributed by atoms with E-state index in [4.69, 9.17) is 4.74 Å². The fourth-order valence-corrected chi connectivity index (χ4v) is 0.980. The number of carbonyl (C=O) groups is 2. The minimum absolute atomic E-state index is 0.188. The van der Waals surface area contributed by atoms with Crippen molar-refractivity contribution in [3.63, 3.8) is 0 Å². The molecule has 15 heavy (non-hydrogen) atoms. The van der Waals surface area contributed by atoms with Crippen LogP contribution in [0.25, 0.3) is 0 Å². The van der Waals surface area contributed by atoms with Crippen LogP contribution in [0.5, 0.6) is 0 Å². The first-order valence-corrected chi connectivity index (χ1v) is 4.50. The number of nitrogens with zero attached hydrogens (tertiary/aromatic N) is 2. The molecule has 0 fully saturated rings. The molecule has 0 spiro atoms. The Labute approximate surface area is 87.5 Å². The zero-order chi connectivity index (χ0) is 11.3. The minimum Gasteiger partial charge on any atom is -0.374 e. The maximum absolute atomic E-state index is 11.5. The van der Waals surface area contributed by atoms with Crippen molar-refractivity contribution in [1.82, 2.24) is 9.97 Å². The van der Waals surface area contributed by atoms with Crippen LogP contribution in [0.2, 0.25) is 0 Å². The smallest absolute Gasteiger partial charge is 0.188 e. The molecule has 1 rings (SSSR count). The molecule has 0 aliphatic carbocycles. The third-order valence-electron chi connectivity index (χ3n) is 2.01. The summed E-state index contributed by atoms with van der Waals surface area (Å²) in [5, 5.41) is 0. The van der Waals surface area contributed by atoms with Gasteiger partial charge in [-0.3, -0.25) is 9.59 Å². The maximum Gasteiger partial charge on any atom is 0.188 e. The number of Topliss-reactive ketones (excluding diaryl/α,β-unsaturated/α-hetero) is 2. The topological polar surface area (TPSA) is 69.2 Å². The summed E-state index contributed by atoms with van der Waals surface area (Å²) in [6, 6.07) is 1.48. The van der Waals surface area contributed by atoms with Crippen LogP contribution >= 0.6 is 0 Å². The molecule has 5 heteroatoms. The molecule has 1 atom stereocenters. The molecule has 1 aromatic heterocycles. The monoisotopic (exact) mass is 208 g/mol. The zero-order valence-corrected chi connectivity index (χ0v) is 8.64. The number of ether oxygens (including phenoxy) is 1. The molecule has 0 bridgehead atoms. The highest BCUT2D eigenvalue weighted by Crippen LogP contribution is 2.02. The maximum atomic E-state index is 11.5. The second-order valence-corrected chi connectivity index (χ2v) is 3.04. The van der Waals surface area contributed by atoms with Gasteiger partial charge in [0.25, 0.3) is 0 Å². The Balaban J connectivity index is 2.61. The molecule has 0 saturated heterocycles. The van der Waals surface area contributed by atoms with Crippen molar-refractivity contribution in [2.24, 2.45) is 0 Å².